The molecule has 106 valence electrons. The first kappa shape index (κ1) is 14.3. The molecule has 2 rings (SSSR count). The maximum Gasteiger partial charge on any atom is 0.128 e. The molecule has 1 aliphatic rings. The third-order valence-corrected chi connectivity index (χ3v) is 4.14. The van der Waals surface area contributed by atoms with Crippen LogP contribution in [0, 0.1) is 5.92 Å². The van der Waals surface area contributed by atoms with Crippen molar-refractivity contribution in [1.29, 1.82) is 0 Å². The average Bonchev–Trinajstić information content (AvgIpc) is 2.88. The number of rotatable bonds is 5. The Hall–Kier alpha value is -1.09. The number of hydrogen-bond donors (Lipinski definition) is 1. The molecule has 1 aromatic rings. The second kappa shape index (κ2) is 6.38. The molecule has 0 bridgehead atoms. The Balaban J connectivity index is 2.09. The van der Waals surface area contributed by atoms with Gasteiger partial charge in [0.2, 0.25) is 0 Å². The van der Waals surface area contributed by atoms with Crippen molar-refractivity contribution in [2.24, 2.45) is 5.92 Å². The first-order chi connectivity index (χ1) is 9.13. The quantitative estimate of drug-likeness (QED) is 0.880. The van der Waals surface area contributed by atoms with Gasteiger partial charge < -0.3 is 10.2 Å². The van der Waals surface area contributed by atoms with E-state index in [1.54, 1.807) is 0 Å². The number of aromatic nitrogens is 1. The largest absolute Gasteiger partial charge is 0.353 e. The van der Waals surface area contributed by atoms with E-state index in [-0.39, 0.29) is 0 Å². The molecule has 0 radical (unpaired) electrons. The molecule has 0 saturated carbocycles. The highest BCUT2D eigenvalue weighted by Crippen LogP contribution is 2.28. The van der Waals surface area contributed by atoms with Gasteiger partial charge in [0.25, 0.3) is 0 Å². The van der Waals surface area contributed by atoms with Crippen LogP contribution in [-0.2, 0) is 0 Å². The second-order valence-electron chi connectivity index (χ2n) is 5.88. The summed E-state index contributed by atoms with van der Waals surface area (Å²) < 4.78 is 0. The molecule has 3 nitrogen and oxygen atoms in total. The molecule has 0 aromatic carbocycles. The molecule has 0 spiro atoms. The van der Waals surface area contributed by atoms with E-state index in [0.29, 0.717) is 18.0 Å². The molecule has 2 unspecified atom stereocenters. The molecule has 0 amide bonds. The van der Waals surface area contributed by atoms with E-state index in [2.05, 4.69) is 55.0 Å². The van der Waals surface area contributed by atoms with Crippen molar-refractivity contribution in [2.45, 2.75) is 52.6 Å². The summed E-state index contributed by atoms with van der Waals surface area (Å²) in [6.45, 7) is 11.1. The summed E-state index contributed by atoms with van der Waals surface area (Å²) in [5.41, 5.74) is 1.27. The summed E-state index contributed by atoms with van der Waals surface area (Å²) in [6.07, 6.45) is 4.62. The highest BCUT2D eigenvalue weighted by Gasteiger charge is 2.27. The number of pyridine rings is 1. The average molecular weight is 261 g/mol. The molecular weight excluding hydrogens is 234 g/mol. The van der Waals surface area contributed by atoms with Crippen LogP contribution in [-0.4, -0.2) is 24.1 Å². The lowest BCUT2D eigenvalue weighted by Gasteiger charge is -2.29. The van der Waals surface area contributed by atoms with Gasteiger partial charge in [-0.15, -0.1) is 0 Å². The molecule has 1 fully saturated rings. The van der Waals surface area contributed by atoms with Crippen LogP contribution in [0.25, 0.3) is 0 Å². The maximum atomic E-state index is 4.68. The molecule has 0 aliphatic carbocycles. The minimum absolute atomic E-state index is 0.381. The van der Waals surface area contributed by atoms with Crippen molar-refractivity contribution in [3.63, 3.8) is 0 Å². The van der Waals surface area contributed by atoms with Gasteiger partial charge in [0.1, 0.15) is 5.82 Å². The summed E-state index contributed by atoms with van der Waals surface area (Å²) in [6, 6.07) is 5.44. The Morgan fingerprint density at radius 1 is 1.37 bits per heavy atom. The van der Waals surface area contributed by atoms with Crippen LogP contribution in [0.3, 0.4) is 0 Å². The Morgan fingerprint density at radius 3 is 2.74 bits per heavy atom. The van der Waals surface area contributed by atoms with Crippen molar-refractivity contribution in [3.8, 4) is 0 Å². The maximum absolute atomic E-state index is 4.68. The van der Waals surface area contributed by atoms with E-state index >= 15 is 0 Å². The first-order valence-corrected chi connectivity index (χ1v) is 7.59. The van der Waals surface area contributed by atoms with Gasteiger partial charge in [-0.25, -0.2) is 4.98 Å². The van der Waals surface area contributed by atoms with Gasteiger partial charge in [-0.05, 0) is 43.9 Å². The lowest BCUT2D eigenvalue weighted by atomic mass is 10.0. The van der Waals surface area contributed by atoms with Gasteiger partial charge in [-0.3, -0.25) is 0 Å². The van der Waals surface area contributed by atoms with Crippen LogP contribution in [0.15, 0.2) is 18.3 Å². The molecular formula is C16H27N3. The van der Waals surface area contributed by atoms with Crippen LogP contribution < -0.4 is 10.2 Å². The molecule has 1 N–H and O–H groups in total. The Bertz CT molecular complexity index is 385. The summed E-state index contributed by atoms with van der Waals surface area (Å²) in [5, 5.41) is 3.42. The number of nitrogens with zero attached hydrogens (tertiary/aromatic N) is 2. The highest BCUT2D eigenvalue weighted by molar-refractivity contribution is 5.42. The van der Waals surface area contributed by atoms with Crippen LogP contribution in [0.1, 0.15) is 52.1 Å². The van der Waals surface area contributed by atoms with Crippen molar-refractivity contribution < 1.29 is 0 Å². The Labute approximate surface area is 117 Å². The van der Waals surface area contributed by atoms with Crippen molar-refractivity contribution in [3.05, 3.63) is 23.9 Å². The fourth-order valence-corrected chi connectivity index (χ4v) is 3.02. The molecule has 1 saturated heterocycles. The molecule has 2 heterocycles. The summed E-state index contributed by atoms with van der Waals surface area (Å²) in [4.78, 5) is 7.16. The standard InChI is InChI=1S/C16H27N3/c1-5-17-13(4)14-8-9-16(18-11-14)19-10-6-7-15(19)12(2)3/h8-9,11-13,15,17H,5-7,10H2,1-4H3. The van der Waals surface area contributed by atoms with Crippen molar-refractivity contribution in [1.82, 2.24) is 10.3 Å². The third kappa shape index (κ3) is 3.27. The van der Waals surface area contributed by atoms with E-state index in [1.807, 2.05) is 6.20 Å². The normalized spacial score (nSPS) is 21.1. The monoisotopic (exact) mass is 261 g/mol. The molecule has 19 heavy (non-hydrogen) atoms. The van der Waals surface area contributed by atoms with Gasteiger partial charge >= 0.3 is 0 Å². The van der Waals surface area contributed by atoms with Crippen molar-refractivity contribution in [2.75, 3.05) is 18.0 Å². The van der Waals surface area contributed by atoms with Crippen molar-refractivity contribution >= 4 is 5.82 Å². The minimum atomic E-state index is 0.381. The second-order valence-corrected chi connectivity index (χ2v) is 5.88. The first-order valence-electron chi connectivity index (χ1n) is 7.59. The highest BCUT2D eigenvalue weighted by atomic mass is 15.2. The van der Waals surface area contributed by atoms with Crippen LogP contribution in [0.2, 0.25) is 0 Å². The van der Waals surface area contributed by atoms with Crippen LogP contribution in [0.5, 0.6) is 0 Å². The fourth-order valence-electron chi connectivity index (χ4n) is 3.02. The topological polar surface area (TPSA) is 28.2 Å². The number of anilines is 1. The van der Waals surface area contributed by atoms with Gasteiger partial charge in [-0.2, -0.15) is 0 Å². The molecule has 1 aliphatic heterocycles. The predicted molar refractivity (Wildman–Crippen MR) is 81.5 cm³/mol. The minimum Gasteiger partial charge on any atom is -0.353 e. The van der Waals surface area contributed by atoms with Gasteiger partial charge in [0.05, 0.1) is 0 Å². The van der Waals surface area contributed by atoms with Crippen LogP contribution >= 0.6 is 0 Å². The fraction of sp³-hybridized carbons (Fsp3) is 0.688. The zero-order chi connectivity index (χ0) is 13.8. The summed E-state index contributed by atoms with van der Waals surface area (Å²) in [5.74, 6) is 1.84. The molecule has 2 atom stereocenters. The Morgan fingerprint density at radius 2 is 2.16 bits per heavy atom. The van der Waals surface area contributed by atoms with Gasteiger partial charge in [-0.1, -0.05) is 26.8 Å². The predicted octanol–water partition coefficient (Wildman–Crippen LogP) is 3.38. The smallest absolute Gasteiger partial charge is 0.128 e. The van der Waals surface area contributed by atoms with Crippen LogP contribution in [0.4, 0.5) is 5.82 Å². The van der Waals surface area contributed by atoms with Gasteiger partial charge in [0, 0.05) is 24.8 Å². The molecule has 1 aromatic heterocycles. The zero-order valence-corrected chi connectivity index (χ0v) is 12.7. The SMILES string of the molecule is CCNC(C)c1ccc(N2CCCC2C(C)C)nc1. The van der Waals surface area contributed by atoms with Gasteiger partial charge in [0.15, 0.2) is 0 Å². The zero-order valence-electron chi connectivity index (χ0n) is 12.7. The lowest BCUT2D eigenvalue weighted by Crippen LogP contribution is -2.33. The Kier molecular flexibility index (Phi) is 4.81. The molecule has 3 heteroatoms. The number of nitrogens with one attached hydrogen (secondary N) is 1. The van der Waals surface area contributed by atoms with E-state index in [4.69, 9.17) is 0 Å². The summed E-state index contributed by atoms with van der Waals surface area (Å²) in [7, 11) is 0. The van der Waals surface area contributed by atoms with E-state index < -0.39 is 0 Å². The third-order valence-electron chi connectivity index (χ3n) is 4.14. The van der Waals surface area contributed by atoms with E-state index in [0.717, 1.165) is 18.9 Å². The van der Waals surface area contributed by atoms with E-state index in [9.17, 15) is 0 Å². The number of hydrogen-bond acceptors (Lipinski definition) is 3. The lowest BCUT2D eigenvalue weighted by molar-refractivity contribution is 0.489. The van der Waals surface area contributed by atoms with E-state index in [1.165, 1.54) is 18.4 Å². The summed E-state index contributed by atoms with van der Waals surface area (Å²) >= 11 is 0.